The van der Waals surface area contributed by atoms with Crippen molar-refractivity contribution in [1.29, 1.82) is 0 Å². The predicted molar refractivity (Wildman–Crippen MR) is 77.7 cm³/mol. The van der Waals surface area contributed by atoms with Gasteiger partial charge in [-0.3, -0.25) is 0 Å². The molecule has 0 fully saturated rings. The third-order valence-corrected chi connectivity index (χ3v) is 3.26. The highest BCUT2D eigenvalue weighted by Gasteiger charge is 2.15. The first kappa shape index (κ1) is 14.4. The van der Waals surface area contributed by atoms with Crippen LogP contribution in [0.1, 0.15) is 25.3 Å². The quantitative estimate of drug-likeness (QED) is 0.765. The molecule has 0 saturated heterocycles. The molecule has 0 spiro atoms. The highest BCUT2D eigenvalue weighted by Crippen LogP contribution is 2.38. The Morgan fingerprint density at radius 2 is 1.79 bits per heavy atom. The molecule has 3 nitrogen and oxygen atoms in total. The van der Waals surface area contributed by atoms with Crippen molar-refractivity contribution in [2.45, 2.75) is 19.8 Å². The fourth-order valence-electron chi connectivity index (χ4n) is 1.59. The minimum absolute atomic E-state index is 0.182. The molecule has 2 rings (SSSR count). The van der Waals surface area contributed by atoms with E-state index in [1.807, 2.05) is 26.0 Å². The zero-order chi connectivity index (χ0) is 14.0. The summed E-state index contributed by atoms with van der Waals surface area (Å²) >= 11 is 17.9. The Morgan fingerprint density at radius 3 is 2.42 bits per heavy atom. The van der Waals surface area contributed by atoms with Crippen LogP contribution in [-0.4, -0.2) is 10.2 Å². The van der Waals surface area contributed by atoms with Crippen molar-refractivity contribution in [3.63, 3.8) is 0 Å². The Kier molecular flexibility index (Phi) is 4.50. The number of hydrogen-bond acceptors (Lipinski definition) is 3. The van der Waals surface area contributed by atoms with E-state index in [0.29, 0.717) is 10.8 Å². The fraction of sp³-hybridized carbons (Fsp3) is 0.231. The van der Waals surface area contributed by atoms with E-state index in [9.17, 15) is 0 Å². The molecule has 2 aromatic rings. The molecule has 0 saturated carbocycles. The predicted octanol–water partition coefficient (Wildman–Crippen LogP) is 5.35. The fourth-order valence-corrected chi connectivity index (χ4v) is 2.19. The summed E-state index contributed by atoms with van der Waals surface area (Å²) in [6, 6.07) is 7.04. The first-order chi connectivity index (χ1) is 8.99. The largest absolute Gasteiger partial charge is 0.435 e. The van der Waals surface area contributed by atoms with Crippen LogP contribution in [0.5, 0.6) is 11.6 Å². The standard InChI is InChI=1S/C13H11Cl3N2O/c1-7(2)8-4-3-5-9(14)12(8)19-13-10(15)6-11(16)17-18-13/h3-7H,1-2H3. The van der Waals surface area contributed by atoms with Crippen molar-refractivity contribution in [2.75, 3.05) is 0 Å². The lowest BCUT2D eigenvalue weighted by molar-refractivity contribution is 0.447. The van der Waals surface area contributed by atoms with Crippen molar-refractivity contribution in [3.05, 3.63) is 45.0 Å². The van der Waals surface area contributed by atoms with Crippen LogP contribution in [0.25, 0.3) is 0 Å². The van der Waals surface area contributed by atoms with Gasteiger partial charge >= 0.3 is 0 Å². The molecule has 0 N–H and O–H groups in total. The smallest absolute Gasteiger partial charge is 0.258 e. The molecule has 6 heteroatoms. The summed E-state index contributed by atoms with van der Waals surface area (Å²) < 4.78 is 5.69. The topological polar surface area (TPSA) is 35.0 Å². The van der Waals surface area contributed by atoms with Crippen LogP contribution in [0, 0.1) is 0 Å². The van der Waals surface area contributed by atoms with Gasteiger partial charge in [0.25, 0.3) is 5.88 Å². The lowest BCUT2D eigenvalue weighted by atomic mass is 10.0. The number of ether oxygens (including phenoxy) is 1. The molecule has 0 atom stereocenters. The van der Waals surface area contributed by atoms with Crippen molar-refractivity contribution in [2.24, 2.45) is 0 Å². The number of halogens is 3. The normalized spacial score (nSPS) is 10.8. The Morgan fingerprint density at radius 1 is 1.05 bits per heavy atom. The Balaban J connectivity index is 2.43. The summed E-state index contributed by atoms with van der Waals surface area (Å²) in [4.78, 5) is 0. The molecule has 0 unspecified atom stereocenters. The molecule has 19 heavy (non-hydrogen) atoms. The van der Waals surface area contributed by atoms with Gasteiger partial charge < -0.3 is 4.74 Å². The van der Waals surface area contributed by atoms with Gasteiger partial charge in [-0.1, -0.05) is 60.8 Å². The average Bonchev–Trinajstić information content (AvgIpc) is 2.34. The molecule has 0 aliphatic heterocycles. The summed E-state index contributed by atoms with van der Waals surface area (Å²) in [6.07, 6.45) is 0. The van der Waals surface area contributed by atoms with E-state index in [-0.39, 0.29) is 22.0 Å². The van der Waals surface area contributed by atoms with Crippen molar-refractivity contribution < 1.29 is 4.74 Å². The molecular formula is C13H11Cl3N2O. The van der Waals surface area contributed by atoms with Crippen LogP contribution in [0.4, 0.5) is 0 Å². The van der Waals surface area contributed by atoms with Crippen molar-refractivity contribution in [3.8, 4) is 11.6 Å². The zero-order valence-electron chi connectivity index (χ0n) is 10.3. The molecule has 0 aliphatic carbocycles. The molecule has 0 aliphatic rings. The first-order valence-electron chi connectivity index (χ1n) is 5.64. The SMILES string of the molecule is CC(C)c1cccc(Cl)c1Oc1nnc(Cl)cc1Cl. The third kappa shape index (κ3) is 3.30. The number of para-hydroxylation sites is 1. The molecule has 1 aromatic heterocycles. The molecule has 1 heterocycles. The van der Waals surface area contributed by atoms with Crippen LogP contribution in [-0.2, 0) is 0 Å². The lowest BCUT2D eigenvalue weighted by Gasteiger charge is -2.14. The van der Waals surface area contributed by atoms with Gasteiger partial charge in [-0.05, 0) is 17.5 Å². The highest BCUT2D eigenvalue weighted by atomic mass is 35.5. The first-order valence-corrected chi connectivity index (χ1v) is 6.77. The molecule has 0 radical (unpaired) electrons. The highest BCUT2D eigenvalue weighted by molar-refractivity contribution is 6.34. The van der Waals surface area contributed by atoms with Gasteiger partial charge in [0.1, 0.15) is 5.02 Å². The van der Waals surface area contributed by atoms with Crippen LogP contribution in [0.15, 0.2) is 24.3 Å². The van der Waals surface area contributed by atoms with Crippen LogP contribution in [0.3, 0.4) is 0 Å². The van der Waals surface area contributed by atoms with E-state index in [2.05, 4.69) is 10.2 Å². The number of hydrogen-bond donors (Lipinski definition) is 0. The second kappa shape index (κ2) is 5.95. The van der Waals surface area contributed by atoms with Crippen LogP contribution < -0.4 is 4.74 Å². The van der Waals surface area contributed by atoms with Gasteiger partial charge in [0.15, 0.2) is 10.9 Å². The van der Waals surface area contributed by atoms with Crippen molar-refractivity contribution >= 4 is 34.8 Å². The second-order valence-corrected chi connectivity index (χ2v) is 5.44. The second-order valence-electron chi connectivity index (χ2n) is 4.24. The van der Waals surface area contributed by atoms with E-state index >= 15 is 0 Å². The van der Waals surface area contributed by atoms with Gasteiger partial charge in [0.05, 0.1) is 5.02 Å². The summed E-state index contributed by atoms with van der Waals surface area (Å²) in [5.41, 5.74) is 0.973. The van der Waals surface area contributed by atoms with Gasteiger partial charge in [0.2, 0.25) is 0 Å². The molecule has 0 bridgehead atoms. The maximum absolute atomic E-state index is 6.16. The van der Waals surface area contributed by atoms with E-state index in [4.69, 9.17) is 39.5 Å². The Bertz CT molecular complexity index is 602. The minimum Gasteiger partial charge on any atom is -0.435 e. The van der Waals surface area contributed by atoms with Crippen LogP contribution >= 0.6 is 34.8 Å². The summed E-state index contributed by atoms with van der Waals surface area (Å²) in [7, 11) is 0. The van der Waals surface area contributed by atoms with E-state index < -0.39 is 0 Å². The van der Waals surface area contributed by atoms with E-state index in [0.717, 1.165) is 5.56 Å². The maximum Gasteiger partial charge on any atom is 0.258 e. The average molecular weight is 318 g/mol. The molecule has 0 amide bonds. The van der Waals surface area contributed by atoms with E-state index in [1.54, 1.807) is 6.07 Å². The maximum atomic E-state index is 6.16. The molecule has 100 valence electrons. The Labute approximate surface area is 126 Å². The van der Waals surface area contributed by atoms with Crippen molar-refractivity contribution in [1.82, 2.24) is 10.2 Å². The van der Waals surface area contributed by atoms with Gasteiger partial charge in [-0.2, -0.15) is 0 Å². The monoisotopic (exact) mass is 316 g/mol. The Hall–Kier alpha value is -1.03. The van der Waals surface area contributed by atoms with E-state index in [1.165, 1.54) is 6.07 Å². The number of rotatable bonds is 3. The summed E-state index contributed by atoms with van der Waals surface area (Å²) in [5.74, 6) is 0.978. The van der Waals surface area contributed by atoms with Gasteiger partial charge in [-0.25, -0.2) is 0 Å². The van der Waals surface area contributed by atoms with Crippen LogP contribution in [0.2, 0.25) is 15.2 Å². The number of nitrogens with zero attached hydrogens (tertiary/aromatic N) is 2. The zero-order valence-corrected chi connectivity index (χ0v) is 12.6. The lowest BCUT2D eigenvalue weighted by Crippen LogP contribution is -1.97. The van der Waals surface area contributed by atoms with Gasteiger partial charge in [0, 0.05) is 6.07 Å². The molecule has 1 aromatic carbocycles. The summed E-state index contributed by atoms with van der Waals surface area (Å²) in [6.45, 7) is 4.10. The number of aromatic nitrogens is 2. The number of benzene rings is 1. The third-order valence-electron chi connectivity index (χ3n) is 2.50. The molecular weight excluding hydrogens is 307 g/mol. The minimum atomic E-state index is 0.182. The summed E-state index contributed by atoms with van der Waals surface area (Å²) in [5, 5.41) is 8.52. The van der Waals surface area contributed by atoms with Gasteiger partial charge in [-0.15, -0.1) is 10.2 Å².